The number of nitrogens with two attached hydrogens (primary N) is 1. The van der Waals surface area contributed by atoms with Gasteiger partial charge in [0, 0.05) is 22.4 Å². The maximum Gasteiger partial charge on any atom is 0.127 e. The van der Waals surface area contributed by atoms with Gasteiger partial charge in [0.1, 0.15) is 11.6 Å². The minimum Gasteiger partial charge on any atom is -0.383 e. The standard InChI is InChI=1S/C12H11FN2S/c13-10-4-1-5-11(7-10)16-8-9-3-2-6-15-12(9)14/h1-7H,8H2,(H2,14,15). The maximum atomic E-state index is 12.9. The summed E-state index contributed by atoms with van der Waals surface area (Å²) in [5.41, 5.74) is 6.69. The Labute approximate surface area is 97.7 Å². The molecule has 0 aliphatic rings. The molecule has 82 valence electrons. The molecule has 0 radical (unpaired) electrons. The number of hydrogen-bond donors (Lipinski definition) is 1. The molecule has 0 saturated heterocycles. The molecule has 0 spiro atoms. The normalized spacial score (nSPS) is 10.3. The third-order valence-electron chi connectivity index (χ3n) is 2.12. The average Bonchev–Trinajstić information content (AvgIpc) is 2.28. The smallest absolute Gasteiger partial charge is 0.127 e. The molecule has 0 amide bonds. The molecular formula is C12H11FN2S. The summed E-state index contributed by atoms with van der Waals surface area (Å²) in [6.45, 7) is 0. The number of hydrogen-bond acceptors (Lipinski definition) is 3. The van der Waals surface area contributed by atoms with Gasteiger partial charge >= 0.3 is 0 Å². The minimum absolute atomic E-state index is 0.218. The van der Waals surface area contributed by atoms with Crippen molar-refractivity contribution in [2.45, 2.75) is 10.6 Å². The molecule has 0 unspecified atom stereocenters. The molecule has 2 nitrogen and oxygen atoms in total. The highest BCUT2D eigenvalue weighted by Crippen LogP contribution is 2.24. The Kier molecular flexibility index (Phi) is 3.41. The lowest BCUT2D eigenvalue weighted by Crippen LogP contribution is -1.95. The first-order chi connectivity index (χ1) is 7.75. The van der Waals surface area contributed by atoms with E-state index in [-0.39, 0.29) is 5.82 Å². The Balaban J connectivity index is 2.05. The van der Waals surface area contributed by atoms with Crippen LogP contribution in [0.25, 0.3) is 0 Å². The van der Waals surface area contributed by atoms with Crippen molar-refractivity contribution in [2.24, 2.45) is 0 Å². The Morgan fingerprint density at radius 3 is 2.88 bits per heavy atom. The number of thioether (sulfide) groups is 1. The van der Waals surface area contributed by atoms with Crippen LogP contribution in [0.15, 0.2) is 47.5 Å². The van der Waals surface area contributed by atoms with Crippen molar-refractivity contribution in [3.05, 3.63) is 54.0 Å². The number of anilines is 1. The summed E-state index contributed by atoms with van der Waals surface area (Å²) in [6.07, 6.45) is 1.66. The van der Waals surface area contributed by atoms with Crippen molar-refractivity contribution < 1.29 is 4.39 Å². The number of pyridine rings is 1. The van der Waals surface area contributed by atoms with Crippen molar-refractivity contribution in [2.75, 3.05) is 5.73 Å². The van der Waals surface area contributed by atoms with Crippen molar-refractivity contribution in [1.82, 2.24) is 4.98 Å². The molecule has 0 aliphatic heterocycles. The fourth-order valence-corrected chi connectivity index (χ4v) is 2.23. The Morgan fingerprint density at radius 1 is 1.25 bits per heavy atom. The van der Waals surface area contributed by atoms with E-state index in [1.165, 1.54) is 12.1 Å². The fourth-order valence-electron chi connectivity index (χ4n) is 1.29. The van der Waals surface area contributed by atoms with E-state index in [0.29, 0.717) is 11.6 Å². The molecule has 1 aromatic carbocycles. The molecular weight excluding hydrogens is 223 g/mol. The molecule has 0 bridgehead atoms. The van der Waals surface area contributed by atoms with Crippen molar-refractivity contribution in [3.63, 3.8) is 0 Å². The van der Waals surface area contributed by atoms with Gasteiger partial charge in [-0.15, -0.1) is 11.8 Å². The molecule has 0 saturated carbocycles. The van der Waals surface area contributed by atoms with Crippen LogP contribution in [0.2, 0.25) is 0 Å². The van der Waals surface area contributed by atoms with E-state index in [2.05, 4.69) is 4.98 Å². The molecule has 0 atom stereocenters. The molecule has 2 N–H and O–H groups in total. The van der Waals surface area contributed by atoms with Crippen molar-refractivity contribution in [1.29, 1.82) is 0 Å². The Hall–Kier alpha value is -1.55. The Morgan fingerprint density at radius 2 is 2.12 bits per heavy atom. The lowest BCUT2D eigenvalue weighted by molar-refractivity contribution is 0.624. The van der Waals surface area contributed by atoms with Crippen molar-refractivity contribution >= 4 is 17.6 Å². The van der Waals surface area contributed by atoms with Gasteiger partial charge in [0.2, 0.25) is 0 Å². The van der Waals surface area contributed by atoms with Gasteiger partial charge in [0.25, 0.3) is 0 Å². The van der Waals surface area contributed by atoms with Gasteiger partial charge in [-0.1, -0.05) is 12.1 Å². The number of nitrogen functional groups attached to an aromatic ring is 1. The molecule has 0 aliphatic carbocycles. The number of aromatic nitrogens is 1. The van der Waals surface area contributed by atoms with E-state index in [0.717, 1.165) is 10.5 Å². The van der Waals surface area contributed by atoms with Crippen LogP contribution < -0.4 is 5.73 Å². The van der Waals surface area contributed by atoms with E-state index < -0.39 is 0 Å². The van der Waals surface area contributed by atoms with Gasteiger partial charge in [-0.05, 0) is 24.3 Å². The summed E-state index contributed by atoms with van der Waals surface area (Å²) in [4.78, 5) is 4.89. The Bertz CT molecular complexity index is 488. The third-order valence-corrected chi connectivity index (χ3v) is 3.16. The zero-order chi connectivity index (χ0) is 11.4. The lowest BCUT2D eigenvalue weighted by Gasteiger charge is -2.04. The second-order valence-electron chi connectivity index (χ2n) is 3.29. The van der Waals surface area contributed by atoms with Gasteiger partial charge in [0.05, 0.1) is 0 Å². The van der Waals surface area contributed by atoms with E-state index in [1.54, 1.807) is 24.0 Å². The predicted molar refractivity (Wildman–Crippen MR) is 64.6 cm³/mol. The van der Waals surface area contributed by atoms with Crippen LogP contribution in [0, 0.1) is 5.82 Å². The molecule has 4 heteroatoms. The SMILES string of the molecule is Nc1ncccc1CSc1cccc(F)c1. The summed E-state index contributed by atoms with van der Waals surface area (Å²) in [5.74, 6) is 1.01. The lowest BCUT2D eigenvalue weighted by atomic mass is 10.3. The molecule has 1 aromatic heterocycles. The number of benzene rings is 1. The molecule has 16 heavy (non-hydrogen) atoms. The van der Waals surface area contributed by atoms with E-state index in [1.807, 2.05) is 18.2 Å². The highest BCUT2D eigenvalue weighted by molar-refractivity contribution is 7.98. The second-order valence-corrected chi connectivity index (χ2v) is 4.34. The van der Waals surface area contributed by atoms with Gasteiger partial charge in [-0.2, -0.15) is 0 Å². The highest BCUT2D eigenvalue weighted by atomic mass is 32.2. The number of nitrogens with zero attached hydrogens (tertiary/aromatic N) is 1. The fraction of sp³-hybridized carbons (Fsp3) is 0.0833. The summed E-state index contributed by atoms with van der Waals surface area (Å²) in [5, 5.41) is 0. The predicted octanol–water partition coefficient (Wildman–Crippen LogP) is 3.10. The first-order valence-corrected chi connectivity index (χ1v) is 5.82. The van der Waals surface area contributed by atoms with Crippen molar-refractivity contribution in [3.8, 4) is 0 Å². The molecule has 2 aromatic rings. The van der Waals surface area contributed by atoms with Crippen LogP contribution in [0.1, 0.15) is 5.56 Å². The average molecular weight is 234 g/mol. The molecule has 0 fully saturated rings. The highest BCUT2D eigenvalue weighted by Gasteiger charge is 2.01. The first-order valence-electron chi connectivity index (χ1n) is 4.83. The van der Waals surface area contributed by atoms with Crippen LogP contribution in [-0.4, -0.2) is 4.98 Å². The van der Waals surface area contributed by atoms with Gasteiger partial charge in [-0.3, -0.25) is 0 Å². The minimum atomic E-state index is -0.218. The zero-order valence-corrected chi connectivity index (χ0v) is 9.38. The van der Waals surface area contributed by atoms with Crippen LogP contribution >= 0.6 is 11.8 Å². The van der Waals surface area contributed by atoms with E-state index in [4.69, 9.17) is 5.73 Å². The van der Waals surface area contributed by atoms with Crippen LogP contribution in [0.4, 0.5) is 10.2 Å². The monoisotopic (exact) mass is 234 g/mol. The third kappa shape index (κ3) is 2.73. The summed E-state index contributed by atoms with van der Waals surface area (Å²) < 4.78 is 12.9. The van der Waals surface area contributed by atoms with Crippen LogP contribution in [0.5, 0.6) is 0 Å². The first kappa shape index (κ1) is 11.0. The summed E-state index contributed by atoms with van der Waals surface area (Å²) in [7, 11) is 0. The van der Waals surface area contributed by atoms with E-state index >= 15 is 0 Å². The summed E-state index contributed by atoms with van der Waals surface area (Å²) >= 11 is 1.54. The van der Waals surface area contributed by atoms with Crippen LogP contribution in [-0.2, 0) is 5.75 Å². The molecule has 2 rings (SSSR count). The number of rotatable bonds is 3. The number of halogens is 1. The molecule has 1 heterocycles. The van der Waals surface area contributed by atoms with Gasteiger partial charge in [-0.25, -0.2) is 9.37 Å². The van der Waals surface area contributed by atoms with Gasteiger partial charge in [0.15, 0.2) is 0 Å². The maximum absolute atomic E-state index is 12.9. The van der Waals surface area contributed by atoms with E-state index in [9.17, 15) is 4.39 Å². The quantitative estimate of drug-likeness (QED) is 0.829. The van der Waals surface area contributed by atoms with Crippen LogP contribution in [0.3, 0.4) is 0 Å². The topological polar surface area (TPSA) is 38.9 Å². The largest absolute Gasteiger partial charge is 0.383 e. The second kappa shape index (κ2) is 4.99. The van der Waals surface area contributed by atoms with Gasteiger partial charge < -0.3 is 5.73 Å². The zero-order valence-electron chi connectivity index (χ0n) is 8.56. The summed E-state index contributed by atoms with van der Waals surface area (Å²) in [6, 6.07) is 10.3.